The van der Waals surface area contributed by atoms with E-state index in [0.29, 0.717) is 5.69 Å². The average molecular weight is 238 g/mol. The first kappa shape index (κ1) is 10.5. The van der Waals surface area contributed by atoms with Crippen molar-refractivity contribution >= 4 is 0 Å². The Labute approximate surface area is 103 Å². The SMILES string of the molecule is O=c1cn[nH]n1-c1cccnc1-c1ccccc1. The number of benzene rings is 1. The molecule has 1 aromatic carbocycles. The summed E-state index contributed by atoms with van der Waals surface area (Å²) in [6, 6.07) is 13.3. The van der Waals surface area contributed by atoms with Crippen molar-refractivity contribution in [3.8, 4) is 16.9 Å². The van der Waals surface area contributed by atoms with Crippen LogP contribution in [0.15, 0.2) is 59.7 Å². The lowest BCUT2D eigenvalue weighted by Gasteiger charge is -2.07. The molecule has 0 aliphatic rings. The quantitative estimate of drug-likeness (QED) is 0.738. The molecule has 0 aliphatic carbocycles. The van der Waals surface area contributed by atoms with E-state index in [9.17, 15) is 4.79 Å². The Bertz CT molecular complexity index is 715. The fourth-order valence-corrected chi connectivity index (χ4v) is 1.82. The molecule has 0 spiro atoms. The van der Waals surface area contributed by atoms with Crippen LogP contribution in [0.3, 0.4) is 0 Å². The molecule has 88 valence electrons. The molecule has 1 N–H and O–H groups in total. The second kappa shape index (κ2) is 4.29. The van der Waals surface area contributed by atoms with E-state index in [1.165, 1.54) is 10.9 Å². The van der Waals surface area contributed by atoms with Gasteiger partial charge in [0.05, 0.1) is 11.4 Å². The molecule has 0 radical (unpaired) electrons. The van der Waals surface area contributed by atoms with Gasteiger partial charge in [0.25, 0.3) is 5.56 Å². The highest BCUT2D eigenvalue weighted by Gasteiger charge is 2.09. The summed E-state index contributed by atoms with van der Waals surface area (Å²) in [5.74, 6) is 0. The molecule has 5 heteroatoms. The molecule has 0 unspecified atom stereocenters. The number of H-pyrrole nitrogens is 1. The van der Waals surface area contributed by atoms with Crippen molar-refractivity contribution in [3.63, 3.8) is 0 Å². The molecule has 0 atom stereocenters. The van der Waals surface area contributed by atoms with Gasteiger partial charge in [-0.15, -0.1) is 0 Å². The molecule has 18 heavy (non-hydrogen) atoms. The van der Waals surface area contributed by atoms with Gasteiger partial charge in [0, 0.05) is 11.8 Å². The van der Waals surface area contributed by atoms with Crippen molar-refractivity contribution in [1.82, 2.24) is 20.0 Å². The van der Waals surface area contributed by atoms with Crippen LogP contribution in [0.25, 0.3) is 16.9 Å². The molecule has 2 aromatic heterocycles. The van der Waals surface area contributed by atoms with Crippen LogP contribution in [-0.4, -0.2) is 20.0 Å². The summed E-state index contributed by atoms with van der Waals surface area (Å²) in [4.78, 5) is 16.0. The summed E-state index contributed by atoms with van der Waals surface area (Å²) in [5, 5.41) is 6.38. The third-order valence-corrected chi connectivity index (χ3v) is 2.63. The Kier molecular flexibility index (Phi) is 2.49. The summed E-state index contributed by atoms with van der Waals surface area (Å²) in [6.07, 6.45) is 2.94. The number of nitrogens with one attached hydrogen (secondary N) is 1. The van der Waals surface area contributed by atoms with Crippen LogP contribution in [0.4, 0.5) is 0 Å². The Morgan fingerprint density at radius 2 is 1.89 bits per heavy atom. The average Bonchev–Trinajstić information content (AvgIpc) is 2.86. The fraction of sp³-hybridized carbons (Fsp3) is 0. The second-order valence-electron chi connectivity index (χ2n) is 3.77. The highest BCUT2D eigenvalue weighted by molar-refractivity contribution is 5.68. The number of nitrogens with zero attached hydrogens (tertiary/aromatic N) is 3. The maximum absolute atomic E-state index is 11.6. The summed E-state index contributed by atoms with van der Waals surface area (Å²) < 4.78 is 1.37. The van der Waals surface area contributed by atoms with Gasteiger partial charge in [-0.2, -0.15) is 5.10 Å². The van der Waals surface area contributed by atoms with E-state index in [-0.39, 0.29) is 5.56 Å². The Hall–Kier alpha value is -2.69. The summed E-state index contributed by atoms with van der Waals surface area (Å²) >= 11 is 0. The molecule has 2 heterocycles. The zero-order valence-corrected chi connectivity index (χ0v) is 9.45. The maximum Gasteiger partial charge on any atom is 0.291 e. The van der Waals surface area contributed by atoms with Crippen molar-refractivity contribution in [3.05, 3.63) is 65.2 Å². The van der Waals surface area contributed by atoms with Crippen molar-refractivity contribution in [2.45, 2.75) is 0 Å². The highest BCUT2D eigenvalue weighted by Crippen LogP contribution is 2.22. The van der Waals surface area contributed by atoms with Crippen LogP contribution in [-0.2, 0) is 0 Å². The van der Waals surface area contributed by atoms with Gasteiger partial charge < -0.3 is 0 Å². The smallest absolute Gasteiger partial charge is 0.266 e. The first-order chi connectivity index (χ1) is 8.86. The molecule has 0 bridgehead atoms. The number of hydrogen-bond donors (Lipinski definition) is 1. The van der Waals surface area contributed by atoms with Gasteiger partial charge in [0.15, 0.2) is 0 Å². The first-order valence-electron chi connectivity index (χ1n) is 5.49. The molecule has 0 fully saturated rings. The third-order valence-electron chi connectivity index (χ3n) is 2.63. The minimum absolute atomic E-state index is 0.208. The van der Waals surface area contributed by atoms with Crippen molar-refractivity contribution in [1.29, 1.82) is 0 Å². The Morgan fingerprint density at radius 3 is 2.61 bits per heavy atom. The molecule has 0 saturated heterocycles. The molecule has 0 aliphatic heterocycles. The van der Waals surface area contributed by atoms with E-state index >= 15 is 0 Å². The molecular formula is C13H10N4O. The molecule has 3 aromatic rings. The zero-order valence-electron chi connectivity index (χ0n) is 9.45. The minimum atomic E-state index is -0.208. The van der Waals surface area contributed by atoms with Gasteiger partial charge in [0.1, 0.15) is 6.20 Å². The van der Waals surface area contributed by atoms with Crippen LogP contribution < -0.4 is 5.56 Å². The standard InChI is InChI=1S/C13H10N4O/c18-12-9-15-16-17(12)11-7-4-8-14-13(11)10-5-2-1-3-6-10/h1-9,16H. The van der Waals surface area contributed by atoms with Crippen molar-refractivity contribution in [2.24, 2.45) is 0 Å². The Morgan fingerprint density at radius 1 is 1.06 bits per heavy atom. The lowest BCUT2D eigenvalue weighted by Crippen LogP contribution is -2.14. The molecule has 0 amide bonds. The van der Waals surface area contributed by atoms with Gasteiger partial charge >= 0.3 is 0 Å². The number of aromatic nitrogens is 4. The topological polar surface area (TPSA) is 63.6 Å². The molecular weight excluding hydrogens is 228 g/mol. The number of hydrogen-bond acceptors (Lipinski definition) is 3. The van der Waals surface area contributed by atoms with E-state index in [2.05, 4.69) is 15.3 Å². The van der Waals surface area contributed by atoms with E-state index in [0.717, 1.165) is 11.3 Å². The first-order valence-corrected chi connectivity index (χ1v) is 5.49. The number of pyridine rings is 1. The zero-order chi connectivity index (χ0) is 12.4. The van der Waals surface area contributed by atoms with Crippen LogP contribution in [0, 0.1) is 0 Å². The van der Waals surface area contributed by atoms with Crippen LogP contribution >= 0.6 is 0 Å². The van der Waals surface area contributed by atoms with Gasteiger partial charge in [-0.05, 0) is 12.1 Å². The van der Waals surface area contributed by atoms with Crippen molar-refractivity contribution in [2.75, 3.05) is 0 Å². The predicted octanol–water partition coefficient (Wildman–Crippen LogP) is 1.62. The predicted molar refractivity (Wildman–Crippen MR) is 67.4 cm³/mol. The summed E-state index contributed by atoms with van der Waals surface area (Å²) in [6.45, 7) is 0. The maximum atomic E-state index is 11.6. The van der Waals surface area contributed by atoms with Crippen LogP contribution in [0.5, 0.6) is 0 Å². The number of aromatic amines is 1. The lowest BCUT2D eigenvalue weighted by molar-refractivity contribution is 0.783. The van der Waals surface area contributed by atoms with Gasteiger partial charge in [-0.25, -0.2) is 9.90 Å². The second-order valence-corrected chi connectivity index (χ2v) is 3.77. The highest BCUT2D eigenvalue weighted by atomic mass is 16.1. The van der Waals surface area contributed by atoms with Gasteiger partial charge in [-0.3, -0.25) is 9.78 Å². The van der Waals surface area contributed by atoms with Crippen LogP contribution in [0.2, 0.25) is 0 Å². The minimum Gasteiger partial charge on any atom is -0.266 e. The molecule has 0 saturated carbocycles. The van der Waals surface area contributed by atoms with Crippen molar-refractivity contribution < 1.29 is 0 Å². The largest absolute Gasteiger partial charge is 0.291 e. The fourth-order valence-electron chi connectivity index (χ4n) is 1.82. The van der Waals surface area contributed by atoms with E-state index in [1.54, 1.807) is 12.3 Å². The van der Waals surface area contributed by atoms with Gasteiger partial charge in [0.2, 0.25) is 0 Å². The Balaban J connectivity index is 2.24. The summed E-state index contributed by atoms with van der Waals surface area (Å²) in [5.41, 5.74) is 2.17. The molecule has 5 nitrogen and oxygen atoms in total. The summed E-state index contributed by atoms with van der Waals surface area (Å²) in [7, 11) is 0. The van der Waals surface area contributed by atoms with E-state index in [4.69, 9.17) is 0 Å². The van der Waals surface area contributed by atoms with Crippen LogP contribution in [0.1, 0.15) is 0 Å². The van der Waals surface area contributed by atoms with Gasteiger partial charge in [-0.1, -0.05) is 30.3 Å². The number of rotatable bonds is 2. The molecule has 3 rings (SSSR count). The lowest BCUT2D eigenvalue weighted by atomic mass is 10.1. The monoisotopic (exact) mass is 238 g/mol. The van der Waals surface area contributed by atoms with E-state index < -0.39 is 0 Å². The normalized spacial score (nSPS) is 10.4. The van der Waals surface area contributed by atoms with E-state index in [1.807, 2.05) is 36.4 Å². The third kappa shape index (κ3) is 1.71.